The average molecular weight is 264 g/mol. The van der Waals surface area contributed by atoms with Crippen LogP contribution in [0.25, 0.3) is 0 Å². The van der Waals surface area contributed by atoms with Crippen LogP contribution in [-0.2, 0) is 14.3 Å². The topological polar surface area (TPSA) is 44.8 Å². The van der Waals surface area contributed by atoms with Gasteiger partial charge in [-0.2, -0.15) is 0 Å². The maximum absolute atomic E-state index is 12.1. The van der Waals surface area contributed by atoms with Crippen LogP contribution in [0.3, 0.4) is 0 Å². The lowest BCUT2D eigenvalue weighted by Crippen LogP contribution is -2.33. The van der Waals surface area contributed by atoms with Gasteiger partial charge < -0.3 is 14.2 Å². The van der Waals surface area contributed by atoms with E-state index in [0.717, 1.165) is 18.4 Å². The van der Waals surface area contributed by atoms with Crippen molar-refractivity contribution in [1.29, 1.82) is 0 Å². The first-order valence-electron chi connectivity index (χ1n) is 6.69. The number of hydrogen-bond acceptors (Lipinski definition) is 4. The van der Waals surface area contributed by atoms with E-state index >= 15 is 0 Å². The van der Waals surface area contributed by atoms with Crippen molar-refractivity contribution in [2.24, 2.45) is 0 Å². The van der Waals surface area contributed by atoms with Crippen molar-refractivity contribution in [3.63, 3.8) is 0 Å². The molecule has 19 heavy (non-hydrogen) atoms. The Kier molecular flexibility index (Phi) is 4.22. The van der Waals surface area contributed by atoms with Gasteiger partial charge in [-0.05, 0) is 31.4 Å². The lowest BCUT2D eigenvalue weighted by atomic mass is 10.1. The number of ether oxygens (including phenoxy) is 3. The Morgan fingerprint density at radius 2 is 2.05 bits per heavy atom. The van der Waals surface area contributed by atoms with E-state index in [2.05, 4.69) is 0 Å². The maximum Gasteiger partial charge on any atom is 0.343 e. The average Bonchev–Trinajstić information content (AvgIpc) is 2.87. The van der Waals surface area contributed by atoms with Gasteiger partial charge in [0.05, 0.1) is 6.61 Å². The van der Waals surface area contributed by atoms with E-state index in [4.69, 9.17) is 14.2 Å². The molecule has 1 fully saturated rings. The molecule has 1 aromatic rings. The van der Waals surface area contributed by atoms with E-state index in [-0.39, 0.29) is 6.61 Å². The smallest absolute Gasteiger partial charge is 0.343 e. The molecule has 104 valence electrons. The zero-order valence-corrected chi connectivity index (χ0v) is 11.6. The Morgan fingerprint density at radius 1 is 1.37 bits per heavy atom. The summed E-state index contributed by atoms with van der Waals surface area (Å²) in [6.07, 6.45) is 0.800. The fraction of sp³-hybridized carbons (Fsp3) is 0.533. The highest BCUT2D eigenvalue weighted by Crippen LogP contribution is 2.31. The third-order valence-electron chi connectivity index (χ3n) is 3.50. The molecule has 2 rings (SSSR count). The summed E-state index contributed by atoms with van der Waals surface area (Å²) >= 11 is 0. The second-order valence-corrected chi connectivity index (χ2v) is 4.72. The minimum Gasteiger partial charge on any atom is -0.424 e. The van der Waals surface area contributed by atoms with Crippen molar-refractivity contribution in [2.45, 2.75) is 45.5 Å². The summed E-state index contributed by atoms with van der Waals surface area (Å²) in [5.74, 6) is -0.449. The Balaban J connectivity index is 2.01. The molecule has 0 bridgehead atoms. The lowest BCUT2D eigenvalue weighted by molar-refractivity contribution is -0.181. The van der Waals surface area contributed by atoms with Gasteiger partial charge in [-0.25, -0.2) is 4.79 Å². The van der Waals surface area contributed by atoms with Crippen LogP contribution < -0.4 is 4.74 Å². The zero-order valence-electron chi connectivity index (χ0n) is 11.6. The van der Waals surface area contributed by atoms with Gasteiger partial charge in [-0.15, -0.1) is 0 Å². The van der Waals surface area contributed by atoms with E-state index in [1.807, 2.05) is 39.0 Å². The van der Waals surface area contributed by atoms with Crippen molar-refractivity contribution < 1.29 is 19.0 Å². The maximum atomic E-state index is 12.1. The molecule has 0 aliphatic carbocycles. The molecular formula is C15H20O4. The third kappa shape index (κ3) is 2.96. The summed E-state index contributed by atoms with van der Waals surface area (Å²) in [5.41, 5.74) is 0.923. The van der Waals surface area contributed by atoms with Gasteiger partial charge in [0.1, 0.15) is 5.75 Å². The molecule has 0 N–H and O–H groups in total. The molecule has 1 atom stereocenters. The molecule has 0 radical (unpaired) electrons. The van der Waals surface area contributed by atoms with Gasteiger partial charge in [0.15, 0.2) is 11.9 Å². The summed E-state index contributed by atoms with van der Waals surface area (Å²) in [5, 5.41) is 0. The van der Waals surface area contributed by atoms with Gasteiger partial charge in [0, 0.05) is 0 Å². The first kappa shape index (κ1) is 14.0. The number of esters is 1. The predicted molar refractivity (Wildman–Crippen MR) is 71.0 cm³/mol. The molecular weight excluding hydrogens is 244 g/mol. The highest BCUT2D eigenvalue weighted by Gasteiger charge is 2.42. The van der Waals surface area contributed by atoms with Crippen LogP contribution in [0, 0.1) is 6.92 Å². The van der Waals surface area contributed by atoms with Crippen molar-refractivity contribution in [3.8, 4) is 5.75 Å². The second-order valence-electron chi connectivity index (χ2n) is 4.72. The molecule has 1 heterocycles. The van der Waals surface area contributed by atoms with E-state index in [1.165, 1.54) is 0 Å². The number of aryl methyl sites for hydroxylation is 1. The van der Waals surface area contributed by atoms with Crippen LogP contribution in [0.2, 0.25) is 0 Å². The molecule has 0 spiro atoms. The van der Waals surface area contributed by atoms with Crippen LogP contribution in [0.5, 0.6) is 5.75 Å². The largest absolute Gasteiger partial charge is 0.424 e. The molecule has 4 heteroatoms. The highest BCUT2D eigenvalue weighted by atomic mass is 16.8. The number of para-hydroxylation sites is 1. The normalized spacial score (nSPS) is 21.3. The molecule has 0 amide bonds. The minimum atomic E-state index is -0.639. The van der Waals surface area contributed by atoms with Crippen LogP contribution >= 0.6 is 0 Å². The van der Waals surface area contributed by atoms with Gasteiger partial charge >= 0.3 is 5.97 Å². The van der Waals surface area contributed by atoms with Crippen LogP contribution in [0.4, 0.5) is 0 Å². The monoisotopic (exact) mass is 264 g/mol. The van der Waals surface area contributed by atoms with Gasteiger partial charge in [0.2, 0.25) is 0 Å². The van der Waals surface area contributed by atoms with Crippen molar-refractivity contribution >= 4 is 5.97 Å². The van der Waals surface area contributed by atoms with Crippen molar-refractivity contribution in [2.75, 3.05) is 6.61 Å². The first-order chi connectivity index (χ1) is 9.10. The standard InChI is InChI=1S/C15H20O4/c1-4-15(5-2)17-10-13(19-15)14(16)18-12-9-7-6-8-11(12)3/h6-9,13H,4-5,10H2,1-3H3. The molecule has 1 aliphatic heterocycles. The van der Waals surface area contributed by atoms with Crippen LogP contribution in [0.15, 0.2) is 24.3 Å². The van der Waals surface area contributed by atoms with E-state index in [1.54, 1.807) is 6.07 Å². The first-order valence-corrected chi connectivity index (χ1v) is 6.69. The van der Waals surface area contributed by atoms with Crippen molar-refractivity contribution in [3.05, 3.63) is 29.8 Å². The third-order valence-corrected chi connectivity index (χ3v) is 3.50. The number of benzene rings is 1. The van der Waals surface area contributed by atoms with E-state index in [0.29, 0.717) is 5.75 Å². The highest BCUT2D eigenvalue weighted by molar-refractivity contribution is 5.78. The summed E-state index contributed by atoms with van der Waals surface area (Å²) < 4.78 is 16.7. The number of carbonyl (C=O) groups excluding carboxylic acids is 1. The van der Waals surface area contributed by atoms with Crippen LogP contribution in [0.1, 0.15) is 32.3 Å². The molecule has 1 saturated heterocycles. The summed E-state index contributed by atoms with van der Waals surface area (Å²) in [6, 6.07) is 7.41. The number of rotatable bonds is 4. The summed E-state index contributed by atoms with van der Waals surface area (Å²) in [7, 11) is 0. The SMILES string of the molecule is CCC1(CC)OCC(C(=O)Oc2ccccc2C)O1. The second kappa shape index (κ2) is 5.72. The van der Waals surface area contributed by atoms with E-state index in [9.17, 15) is 4.79 Å². The quantitative estimate of drug-likeness (QED) is 0.619. The minimum absolute atomic E-state index is 0.256. The molecule has 0 saturated carbocycles. The fourth-order valence-electron chi connectivity index (χ4n) is 2.14. The summed E-state index contributed by atoms with van der Waals surface area (Å²) in [4.78, 5) is 12.1. The molecule has 0 aromatic heterocycles. The number of hydrogen-bond donors (Lipinski definition) is 0. The molecule has 1 aromatic carbocycles. The zero-order chi connectivity index (χ0) is 13.9. The predicted octanol–water partition coefficient (Wildman–Crippen LogP) is 2.83. The Hall–Kier alpha value is -1.39. The molecule has 1 aliphatic rings. The lowest BCUT2D eigenvalue weighted by Gasteiger charge is -2.24. The fourth-order valence-corrected chi connectivity index (χ4v) is 2.14. The number of carbonyl (C=O) groups is 1. The van der Waals surface area contributed by atoms with Gasteiger partial charge in [0.25, 0.3) is 0 Å². The van der Waals surface area contributed by atoms with Gasteiger partial charge in [-0.3, -0.25) is 0 Å². The Labute approximate surface area is 113 Å². The van der Waals surface area contributed by atoms with E-state index < -0.39 is 17.9 Å². The summed E-state index contributed by atoms with van der Waals surface area (Å²) in [6.45, 7) is 6.13. The molecule has 1 unspecified atom stereocenters. The van der Waals surface area contributed by atoms with Crippen LogP contribution in [-0.4, -0.2) is 24.5 Å². The molecule has 4 nitrogen and oxygen atoms in total. The van der Waals surface area contributed by atoms with Gasteiger partial charge in [-0.1, -0.05) is 32.0 Å². The van der Waals surface area contributed by atoms with Crippen molar-refractivity contribution in [1.82, 2.24) is 0 Å². The Morgan fingerprint density at radius 3 is 2.63 bits per heavy atom. The Bertz CT molecular complexity index is 451.